The van der Waals surface area contributed by atoms with Crippen LogP contribution in [-0.4, -0.2) is 34.8 Å². The van der Waals surface area contributed by atoms with Crippen LogP contribution < -0.4 is 4.90 Å². The molecule has 0 amide bonds. The van der Waals surface area contributed by atoms with E-state index < -0.39 is 0 Å². The van der Waals surface area contributed by atoms with Gasteiger partial charge in [0.2, 0.25) is 0 Å². The Morgan fingerprint density at radius 1 is 1.53 bits per heavy atom. The van der Waals surface area contributed by atoms with Crippen LogP contribution in [0.25, 0.3) is 0 Å². The molecule has 1 unspecified atom stereocenters. The van der Waals surface area contributed by atoms with E-state index in [1.54, 1.807) is 6.33 Å². The van der Waals surface area contributed by atoms with Crippen LogP contribution in [-0.2, 0) is 0 Å². The van der Waals surface area contributed by atoms with Crippen LogP contribution in [0.5, 0.6) is 0 Å². The molecule has 5 heteroatoms. The van der Waals surface area contributed by atoms with E-state index in [4.69, 9.17) is 5.11 Å². The molecule has 4 nitrogen and oxygen atoms in total. The Morgan fingerprint density at radius 3 is 3.13 bits per heavy atom. The van der Waals surface area contributed by atoms with Crippen molar-refractivity contribution in [2.24, 2.45) is 5.92 Å². The van der Waals surface area contributed by atoms with E-state index in [1.165, 1.54) is 0 Å². The number of aliphatic hydroxyl groups excluding tert-OH is 1. The van der Waals surface area contributed by atoms with Gasteiger partial charge < -0.3 is 10.0 Å². The monoisotopic (exact) mass is 271 g/mol. The molecule has 0 aromatic carbocycles. The first kappa shape index (κ1) is 10.8. The zero-order valence-corrected chi connectivity index (χ0v) is 10.0. The topological polar surface area (TPSA) is 49.2 Å². The van der Waals surface area contributed by atoms with Crippen molar-refractivity contribution in [1.82, 2.24) is 9.97 Å². The third kappa shape index (κ3) is 2.66. The van der Waals surface area contributed by atoms with Crippen LogP contribution in [0, 0.1) is 5.92 Å². The van der Waals surface area contributed by atoms with E-state index in [-0.39, 0.29) is 6.61 Å². The van der Waals surface area contributed by atoms with Crippen LogP contribution in [0.1, 0.15) is 12.8 Å². The molecular formula is C10H14BrN3O. The lowest BCUT2D eigenvalue weighted by Crippen LogP contribution is -2.21. The molecule has 0 radical (unpaired) electrons. The Morgan fingerprint density at radius 2 is 2.40 bits per heavy atom. The average molecular weight is 272 g/mol. The van der Waals surface area contributed by atoms with Gasteiger partial charge in [0.05, 0.1) is 0 Å². The number of halogens is 1. The Kier molecular flexibility index (Phi) is 3.53. The third-order valence-electron chi connectivity index (χ3n) is 2.77. The SMILES string of the molecule is OCCC1CCN(c2cc(Br)ncn2)C1. The van der Waals surface area contributed by atoms with Gasteiger partial charge in [-0.2, -0.15) is 0 Å². The summed E-state index contributed by atoms with van der Waals surface area (Å²) < 4.78 is 0.818. The lowest BCUT2D eigenvalue weighted by atomic mass is 10.1. The second kappa shape index (κ2) is 4.90. The van der Waals surface area contributed by atoms with Gasteiger partial charge >= 0.3 is 0 Å². The zero-order valence-electron chi connectivity index (χ0n) is 8.43. The average Bonchev–Trinajstić information content (AvgIpc) is 2.67. The van der Waals surface area contributed by atoms with Crippen molar-refractivity contribution >= 4 is 21.7 Å². The Hall–Kier alpha value is -0.680. The first-order chi connectivity index (χ1) is 7.29. The number of nitrogens with zero attached hydrogens (tertiary/aromatic N) is 3. The standard InChI is InChI=1S/C10H14BrN3O/c11-9-5-10(13-7-12-9)14-3-1-8(6-14)2-4-15/h5,7-8,15H,1-4,6H2. The number of hydrogen-bond donors (Lipinski definition) is 1. The van der Waals surface area contributed by atoms with Crippen molar-refractivity contribution in [1.29, 1.82) is 0 Å². The molecule has 1 fully saturated rings. The van der Waals surface area contributed by atoms with E-state index in [0.29, 0.717) is 5.92 Å². The molecular weight excluding hydrogens is 258 g/mol. The van der Waals surface area contributed by atoms with Gasteiger partial charge in [-0.1, -0.05) is 0 Å². The van der Waals surface area contributed by atoms with Crippen LogP contribution in [0.3, 0.4) is 0 Å². The highest BCUT2D eigenvalue weighted by Gasteiger charge is 2.22. The summed E-state index contributed by atoms with van der Waals surface area (Å²) in [6.45, 7) is 2.30. The summed E-state index contributed by atoms with van der Waals surface area (Å²) in [6.07, 6.45) is 3.60. The molecule has 82 valence electrons. The fraction of sp³-hybridized carbons (Fsp3) is 0.600. The van der Waals surface area contributed by atoms with Gasteiger partial charge in [0, 0.05) is 25.8 Å². The van der Waals surface area contributed by atoms with Crippen LogP contribution in [0.2, 0.25) is 0 Å². The van der Waals surface area contributed by atoms with Crippen LogP contribution >= 0.6 is 15.9 Å². The lowest BCUT2D eigenvalue weighted by molar-refractivity contribution is 0.263. The quantitative estimate of drug-likeness (QED) is 0.846. The molecule has 1 aromatic rings. The van der Waals surface area contributed by atoms with E-state index in [2.05, 4.69) is 30.8 Å². The Balaban J connectivity index is 2.01. The van der Waals surface area contributed by atoms with E-state index >= 15 is 0 Å². The predicted octanol–water partition coefficient (Wildman–Crippen LogP) is 1.45. The number of hydrogen-bond acceptors (Lipinski definition) is 4. The smallest absolute Gasteiger partial charge is 0.133 e. The summed E-state index contributed by atoms with van der Waals surface area (Å²) in [5.74, 6) is 1.57. The first-order valence-corrected chi connectivity index (χ1v) is 5.92. The largest absolute Gasteiger partial charge is 0.396 e. The van der Waals surface area contributed by atoms with Crippen LogP contribution in [0.4, 0.5) is 5.82 Å². The third-order valence-corrected chi connectivity index (χ3v) is 3.20. The minimum atomic E-state index is 0.284. The molecule has 1 aromatic heterocycles. The van der Waals surface area contributed by atoms with Crippen molar-refractivity contribution in [3.8, 4) is 0 Å². The summed E-state index contributed by atoms with van der Waals surface area (Å²) in [7, 11) is 0. The molecule has 1 aliphatic rings. The van der Waals surface area contributed by atoms with Crippen molar-refractivity contribution in [3.63, 3.8) is 0 Å². The predicted molar refractivity (Wildman–Crippen MR) is 61.8 cm³/mol. The summed E-state index contributed by atoms with van der Waals surface area (Å²) in [5, 5.41) is 8.88. The highest BCUT2D eigenvalue weighted by atomic mass is 79.9. The molecule has 2 heterocycles. The second-order valence-electron chi connectivity index (χ2n) is 3.81. The molecule has 1 saturated heterocycles. The maximum Gasteiger partial charge on any atom is 0.133 e. The summed E-state index contributed by atoms with van der Waals surface area (Å²) >= 11 is 3.34. The molecule has 1 aliphatic heterocycles. The number of rotatable bonds is 3. The van der Waals surface area contributed by atoms with Gasteiger partial charge in [0.25, 0.3) is 0 Å². The molecule has 1 atom stereocenters. The molecule has 2 rings (SSSR count). The highest BCUT2D eigenvalue weighted by Crippen LogP contribution is 2.24. The second-order valence-corrected chi connectivity index (χ2v) is 4.62. The van der Waals surface area contributed by atoms with Gasteiger partial charge in [0.1, 0.15) is 16.7 Å². The normalized spacial score (nSPS) is 20.9. The van der Waals surface area contributed by atoms with Gasteiger partial charge in [-0.25, -0.2) is 9.97 Å². The molecule has 0 aliphatic carbocycles. The van der Waals surface area contributed by atoms with Gasteiger partial charge in [-0.15, -0.1) is 0 Å². The maximum atomic E-state index is 8.88. The zero-order chi connectivity index (χ0) is 10.7. The minimum Gasteiger partial charge on any atom is -0.396 e. The van der Waals surface area contributed by atoms with Gasteiger partial charge in [-0.3, -0.25) is 0 Å². The number of anilines is 1. The molecule has 1 N–H and O–H groups in total. The Bertz CT molecular complexity index is 334. The first-order valence-electron chi connectivity index (χ1n) is 5.13. The number of aromatic nitrogens is 2. The fourth-order valence-electron chi connectivity index (χ4n) is 1.96. The molecule has 15 heavy (non-hydrogen) atoms. The lowest BCUT2D eigenvalue weighted by Gasteiger charge is -2.16. The Labute approximate surface area is 97.5 Å². The van der Waals surface area contributed by atoms with E-state index in [9.17, 15) is 0 Å². The van der Waals surface area contributed by atoms with E-state index in [0.717, 1.165) is 36.4 Å². The highest BCUT2D eigenvalue weighted by molar-refractivity contribution is 9.10. The summed E-state index contributed by atoms with van der Waals surface area (Å²) in [6, 6.07) is 1.93. The van der Waals surface area contributed by atoms with Crippen molar-refractivity contribution < 1.29 is 5.11 Å². The van der Waals surface area contributed by atoms with Gasteiger partial charge in [0.15, 0.2) is 0 Å². The fourth-order valence-corrected chi connectivity index (χ4v) is 2.25. The van der Waals surface area contributed by atoms with Crippen LogP contribution in [0.15, 0.2) is 17.0 Å². The van der Waals surface area contributed by atoms with Crippen molar-refractivity contribution in [2.45, 2.75) is 12.8 Å². The van der Waals surface area contributed by atoms with E-state index in [1.807, 2.05) is 6.07 Å². The maximum absolute atomic E-state index is 8.88. The van der Waals surface area contributed by atoms with Gasteiger partial charge in [-0.05, 0) is 34.7 Å². The molecule has 0 spiro atoms. The van der Waals surface area contributed by atoms with Crippen molar-refractivity contribution in [3.05, 3.63) is 17.0 Å². The minimum absolute atomic E-state index is 0.284. The summed E-state index contributed by atoms with van der Waals surface area (Å²) in [4.78, 5) is 10.5. The number of aliphatic hydroxyl groups is 1. The molecule has 0 saturated carbocycles. The molecule has 0 bridgehead atoms. The summed E-state index contributed by atoms with van der Waals surface area (Å²) in [5.41, 5.74) is 0. The van der Waals surface area contributed by atoms with Crippen molar-refractivity contribution in [2.75, 3.05) is 24.6 Å².